The number of H-pyrrole nitrogens is 1. The van der Waals surface area contributed by atoms with Crippen molar-refractivity contribution in [2.45, 2.75) is 38.5 Å². The third-order valence-corrected chi connectivity index (χ3v) is 2.79. The summed E-state index contributed by atoms with van der Waals surface area (Å²) in [6.45, 7) is 6.36. The van der Waals surface area contributed by atoms with Crippen LogP contribution in [0.1, 0.15) is 42.6 Å². The van der Waals surface area contributed by atoms with Gasteiger partial charge in [0.25, 0.3) is 0 Å². The van der Waals surface area contributed by atoms with Crippen molar-refractivity contribution in [2.24, 2.45) is 0 Å². The Morgan fingerprint density at radius 3 is 3.17 bits per heavy atom. The van der Waals surface area contributed by atoms with Gasteiger partial charge in [-0.1, -0.05) is 6.92 Å². The smallest absolute Gasteiger partial charge is 0.0184 e. The molecule has 0 saturated heterocycles. The Morgan fingerprint density at radius 1 is 1.67 bits per heavy atom. The molecule has 65 valence electrons. The van der Waals surface area contributed by atoms with Crippen LogP contribution in [0.4, 0.5) is 0 Å². The summed E-state index contributed by atoms with van der Waals surface area (Å²) in [7, 11) is 0. The lowest BCUT2D eigenvalue weighted by molar-refractivity contribution is 0.620. The van der Waals surface area contributed by atoms with Gasteiger partial charge in [0, 0.05) is 11.4 Å². The van der Waals surface area contributed by atoms with Gasteiger partial charge in [-0.2, -0.15) is 0 Å². The van der Waals surface area contributed by atoms with E-state index in [-0.39, 0.29) is 0 Å². The minimum Gasteiger partial charge on any atom is -0.362 e. The molecule has 2 rings (SSSR count). The second kappa shape index (κ2) is 2.96. The van der Waals surface area contributed by atoms with E-state index in [1.165, 1.54) is 36.2 Å². The van der Waals surface area contributed by atoms with E-state index < -0.39 is 0 Å². The number of aromatic amines is 1. The molecule has 1 radical (unpaired) electrons. The minimum atomic E-state index is 0.533. The van der Waals surface area contributed by atoms with Crippen LogP contribution in [0.3, 0.4) is 0 Å². The van der Waals surface area contributed by atoms with E-state index in [2.05, 4.69) is 24.9 Å². The van der Waals surface area contributed by atoms with Crippen molar-refractivity contribution in [3.8, 4) is 0 Å². The first kappa shape index (κ1) is 7.90. The Balaban J connectivity index is 2.37. The van der Waals surface area contributed by atoms with E-state index in [0.29, 0.717) is 5.92 Å². The van der Waals surface area contributed by atoms with Gasteiger partial charge in [0.15, 0.2) is 0 Å². The molecular formula is C11H16N. The Labute approximate surface area is 74.2 Å². The second-order valence-electron chi connectivity index (χ2n) is 3.67. The number of hydrogen-bond donors (Lipinski definition) is 1. The lowest BCUT2D eigenvalue weighted by atomic mass is 9.88. The molecule has 0 fully saturated rings. The van der Waals surface area contributed by atoms with Crippen molar-refractivity contribution >= 4 is 0 Å². The lowest BCUT2D eigenvalue weighted by Gasteiger charge is -2.17. The lowest BCUT2D eigenvalue weighted by Crippen LogP contribution is -2.04. The second-order valence-corrected chi connectivity index (χ2v) is 3.67. The first-order valence-electron chi connectivity index (χ1n) is 4.85. The van der Waals surface area contributed by atoms with Crippen LogP contribution in [0.25, 0.3) is 0 Å². The molecule has 12 heavy (non-hydrogen) atoms. The molecular weight excluding hydrogens is 146 g/mol. The molecule has 1 atom stereocenters. The topological polar surface area (TPSA) is 15.8 Å². The summed E-state index contributed by atoms with van der Waals surface area (Å²) in [4.78, 5) is 3.47. The predicted molar refractivity (Wildman–Crippen MR) is 51.2 cm³/mol. The molecule has 0 bridgehead atoms. The Hall–Kier alpha value is -0.720. The summed E-state index contributed by atoms with van der Waals surface area (Å²) in [5.41, 5.74) is 4.28. The largest absolute Gasteiger partial charge is 0.362 e. The highest BCUT2D eigenvalue weighted by molar-refractivity contribution is 5.32. The summed E-state index contributed by atoms with van der Waals surface area (Å²) in [5.74, 6) is 0.533. The molecule has 0 saturated carbocycles. The van der Waals surface area contributed by atoms with Crippen LogP contribution in [-0.2, 0) is 12.8 Å². The van der Waals surface area contributed by atoms with Crippen LogP contribution in [0.2, 0.25) is 0 Å². The average molecular weight is 162 g/mol. The molecule has 1 heteroatoms. The predicted octanol–water partition coefficient (Wildman–Crippen LogP) is 2.83. The van der Waals surface area contributed by atoms with Gasteiger partial charge in [-0.05, 0) is 50.2 Å². The fourth-order valence-corrected chi connectivity index (χ4v) is 2.02. The molecule has 1 nitrogen and oxygen atoms in total. The molecule has 0 aliphatic heterocycles. The van der Waals surface area contributed by atoms with Gasteiger partial charge in [-0.3, -0.25) is 0 Å². The van der Waals surface area contributed by atoms with Gasteiger partial charge in [0.05, 0.1) is 0 Å². The van der Waals surface area contributed by atoms with Crippen molar-refractivity contribution in [1.82, 2.24) is 4.98 Å². The number of hydrogen-bond acceptors (Lipinski definition) is 0. The average Bonchev–Trinajstić information content (AvgIpc) is 2.49. The van der Waals surface area contributed by atoms with Crippen molar-refractivity contribution in [2.75, 3.05) is 0 Å². The van der Waals surface area contributed by atoms with Crippen molar-refractivity contribution < 1.29 is 0 Å². The van der Waals surface area contributed by atoms with Crippen LogP contribution in [-0.4, -0.2) is 4.98 Å². The standard InChI is InChI=1S/C11H16N/c1-3-9-7-10-8(2)5-4-6-11(10)12-9/h7-8,12H,2-6H2,1H3. The molecule has 1 aromatic rings. The SMILES string of the molecule is [CH2]C1CCCc2[nH]c(CC)cc21. The number of fused-ring (bicyclic) bond motifs is 1. The van der Waals surface area contributed by atoms with Gasteiger partial charge in [0.1, 0.15) is 0 Å². The molecule has 1 aliphatic carbocycles. The van der Waals surface area contributed by atoms with Gasteiger partial charge in [-0.25, -0.2) is 0 Å². The Kier molecular flexibility index (Phi) is 1.95. The van der Waals surface area contributed by atoms with Crippen LogP contribution >= 0.6 is 0 Å². The van der Waals surface area contributed by atoms with E-state index >= 15 is 0 Å². The van der Waals surface area contributed by atoms with Crippen LogP contribution in [0.5, 0.6) is 0 Å². The highest BCUT2D eigenvalue weighted by atomic mass is 14.7. The fraction of sp³-hybridized carbons (Fsp3) is 0.545. The molecule has 1 heterocycles. The van der Waals surface area contributed by atoms with Crippen LogP contribution in [0, 0.1) is 6.92 Å². The number of rotatable bonds is 1. The normalized spacial score (nSPS) is 22.3. The van der Waals surface area contributed by atoms with Gasteiger partial charge in [-0.15, -0.1) is 0 Å². The molecule has 1 N–H and O–H groups in total. The number of aryl methyl sites for hydroxylation is 2. The van der Waals surface area contributed by atoms with Crippen LogP contribution in [0.15, 0.2) is 6.07 Å². The number of nitrogens with one attached hydrogen (secondary N) is 1. The molecule has 1 aromatic heterocycles. The van der Waals surface area contributed by atoms with Crippen molar-refractivity contribution in [3.05, 3.63) is 29.9 Å². The Morgan fingerprint density at radius 2 is 2.50 bits per heavy atom. The molecule has 0 spiro atoms. The van der Waals surface area contributed by atoms with Gasteiger partial charge >= 0.3 is 0 Å². The van der Waals surface area contributed by atoms with E-state index in [1.54, 1.807) is 0 Å². The summed E-state index contributed by atoms with van der Waals surface area (Å²) in [6.07, 6.45) is 4.89. The Bertz CT molecular complexity index is 273. The van der Waals surface area contributed by atoms with E-state index in [9.17, 15) is 0 Å². The quantitative estimate of drug-likeness (QED) is 0.653. The van der Waals surface area contributed by atoms with Crippen molar-refractivity contribution in [1.29, 1.82) is 0 Å². The minimum absolute atomic E-state index is 0.533. The highest BCUT2D eigenvalue weighted by Crippen LogP contribution is 2.31. The van der Waals surface area contributed by atoms with E-state index in [4.69, 9.17) is 0 Å². The third-order valence-electron chi connectivity index (χ3n) is 2.79. The molecule has 1 aliphatic rings. The monoisotopic (exact) mass is 162 g/mol. The maximum atomic E-state index is 4.17. The third kappa shape index (κ3) is 1.17. The summed E-state index contributed by atoms with van der Waals surface area (Å²) < 4.78 is 0. The first-order valence-corrected chi connectivity index (χ1v) is 4.85. The van der Waals surface area contributed by atoms with E-state index in [0.717, 1.165) is 6.42 Å². The number of aromatic nitrogens is 1. The summed E-state index contributed by atoms with van der Waals surface area (Å²) in [6, 6.07) is 2.30. The fourth-order valence-electron chi connectivity index (χ4n) is 2.02. The molecule has 1 unspecified atom stereocenters. The molecule has 0 amide bonds. The zero-order valence-corrected chi connectivity index (χ0v) is 7.69. The summed E-state index contributed by atoms with van der Waals surface area (Å²) >= 11 is 0. The first-order chi connectivity index (χ1) is 5.81. The summed E-state index contributed by atoms with van der Waals surface area (Å²) in [5, 5.41) is 0. The van der Waals surface area contributed by atoms with Gasteiger partial charge in [0.2, 0.25) is 0 Å². The van der Waals surface area contributed by atoms with Gasteiger partial charge < -0.3 is 4.98 Å². The van der Waals surface area contributed by atoms with Crippen LogP contribution < -0.4 is 0 Å². The zero-order valence-electron chi connectivity index (χ0n) is 7.69. The maximum absolute atomic E-state index is 4.17. The molecule has 0 aromatic carbocycles. The zero-order chi connectivity index (χ0) is 8.55. The highest BCUT2D eigenvalue weighted by Gasteiger charge is 2.18. The van der Waals surface area contributed by atoms with Crippen molar-refractivity contribution in [3.63, 3.8) is 0 Å². The maximum Gasteiger partial charge on any atom is 0.0184 e. The van der Waals surface area contributed by atoms with E-state index in [1.807, 2.05) is 0 Å².